The van der Waals surface area contributed by atoms with E-state index in [1.54, 1.807) is 30.0 Å². The van der Waals surface area contributed by atoms with Crippen molar-refractivity contribution in [3.8, 4) is 0 Å². The van der Waals surface area contributed by atoms with E-state index in [0.29, 0.717) is 11.4 Å². The summed E-state index contributed by atoms with van der Waals surface area (Å²) in [4.78, 5) is 11.7. The first-order valence-corrected chi connectivity index (χ1v) is 4.88. The number of nitrogens with zero attached hydrogens (tertiary/aromatic N) is 1. The molecule has 1 unspecified atom stereocenters. The Morgan fingerprint density at radius 3 is 2.93 bits per heavy atom. The van der Waals surface area contributed by atoms with Gasteiger partial charge in [0, 0.05) is 19.3 Å². The summed E-state index contributed by atoms with van der Waals surface area (Å²) in [6.45, 7) is 5.56. The van der Waals surface area contributed by atoms with Gasteiger partial charge in [-0.15, -0.1) is 6.58 Å². The summed E-state index contributed by atoms with van der Waals surface area (Å²) in [5, 5.41) is 2.86. The van der Waals surface area contributed by atoms with Gasteiger partial charge in [-0.05, 0) is 19.4 Å². The molecule has 1 aromatic rings. The van der Waals surface area contributed by atoms with Crippen molar-refractivity contribution in [2.24, 2.45) is 7.05 Å². The third-order valence-corrected chi connectivity index (χ3v) is 2.16. The Bertz CT molecular complexity index is 368. The molecule has 0 radical (unpaired) electrons. The molecule has 0 aliphatic rings. The normalized spacial score (nSPS) is 12.1. The number of amides is 1. The van der Waals surface area contributed by atoms with E-state index in [4.69, 9.17) is 5.73 Å². The average molecular weight is 207 g/mol. The van der Waals surface area contributed by atoms with Gasteiger partial charge in [0.25, 0.3) is 5.91 Å². The fraction of sp³-hybridized carbons (Fsp3) is 0.364. The summed E-state index contributed by atoms with van der Waals surface area (Å²) in [5.74, 6) is -0.108. The van der Waals surface area contributed by atoms with E-state index in [1.165, 1.54) is 0 Å². The van der Waals surface area contributed by atoms with E-state index in [-0.39, 0.29) is 11.9 Å². The van der Waals surface area contributed by atoms with Crippen molar-refractivity contribution >= 4 is 11.6 Å². The summed E-state index contributed by atoms with van der Waals surface area (Å²) < 4.78 is 1.71. The Morgan fingerprint density at radius 1 is 1.80 bits per heavy atom. The number of nitrogens with two attached hydrogens (primary N) is 1. The number of carbonyl (C=O) groups is 1. The van der Waals surface area contributed by atoms with Crippen LogP contribution in [0.1, 0.15) is 23.8 Å². The lowest BCUT2D eigenvalue weighted by atomic mass is 10.2. The molecule has 1 rings (SSSR count). The first-order valence-electron chi connectivity index (χ1n) is 4.88. The fourth-order valence-corrected chi connectivity index (χ4v) is 1.42. The fourth-order valence-electron chi connectivity index (χ4n) is 1.42. The molecular weight excluding hydrogens is 190 g/mol. The van der Waals surface area contributed by atoms with Gasteiger partial charge in [0.2, 0.25) is 0 Å². The number of aromatic nitrogens is 1. The lowest BCUT2D eigenvalue weighted by molar-refractivity contribution is 0.0932. The predicted molar refractivity (Wildman–Crippen MR) is 61.6 cm³/mol. The molecule has 1 atom stereocenters. The number of aryl methyl sites for hydroxylation is 1. The number of anilines is 1. The van der Waals surface area contributed by atoms with E-state index in [9.17, 15) is 4.79 Å². The second kappa shape index (κ2) is 4.68. The van der Waals surface area contributed by atoms with Gasteiger partial charge < -0.3 is 15.6 Å². The quantitative estimate of drug-likeness (QED) is 0.731. The molecule has 1 amide bonds. The maximum absolute atomic E-state index is 11.7. The molecule has 82 valence electrons. The monoisotopic (exact) mass is 207 g/mol. The number of nitrogens with one attached hydrogen (secondary N) is 1. The zero-order valence-corrected chi connectivity index (χ0v) is 9.16. The zero-order chi connectivity index (χ0) is 11.4. The molecule has 0 aliphatic heterocycles. The smallest absolute Gasteiger partial charge is 0.268 e. The van der Waals surface area contributed by atoms with Gasteiger partial charge in [-0.2, -0.15) is 0 Å². The Morgan fingerprint density at radius 2 is 2.47 bits per heavy atom. The van der Waals surface area contributed by atoms with E-state index in [0.717, 1.165) is 6.42 Å². The molecule has 0 saturated carbocycles. The third-order valence-electron chi connectivity index (χ3n) is 2.16. The van der Waals surface area contributed by atoms with E-state index in [2.05, 4.69) is 11.9 Å². The Kier molecular flexibility index (Phi) is 3.55. The summed E-state index contributed by atoms with van der Waals surface area (Å²) in [6, 6.07) is 1.75. The summed E-state index contributed by atoms with van der Waals surface area (Å²) >= 11 is 0. The molecule has 0 saturated heterocycles. The molecule has 0 spiro atoms. The summed E-state index contributed by atoms with van der Waals surface area (Å²) in [5.41, 5.74) is 6.76. The van der Waals surface area contributed by atoms with Crippen LogP contribution in [0.15, 0.2) is 24.9 Å². The van der Waals surface area contributed by atoms with Crippen molar-refractivity contribution in [1.82, 2.24) is 9.88 Å². The summed E-state index contributed by atoms with van der Waals surface area (Å²) in [7, 11) is 1.80. The van der Waals surface area contributed by atoms with Gasteiger partial charge >= 0.3 is 0 Å². The first-order chi connectivity index (χ1) is 7.04. The standard InChI is InChI=1S/C11H17N3O/c1-4-5-8(2)13-11(15)10-6-9(12)7-14(10)3/h4,6-8H,1,5,12H2,2-3H3,(H,13,15). The predicted octanol–water partition coefficient (Wildman–Crippen LogP) is 1.30. The minimum atomic E-state index is -0.108. The van der Waals surface area contributed by atoms with Crippen LogP contribution in [0, 0.1) is 0 Å². The topological polar surface area (TPSA) is 60.1 Å². The van der Waals surface area contributed by atoms with Gasteiger partial charge in [-0.25, -0.2) is 0 Å². The highest BCUT2D eigenvalue weighted by molar-refractivity contribution is 5.93. The number of hydrogen-bond acceptors (Lipinski definition) is 2. The van der Waals surface area contributed by atoms with Gasteiger partial charge in [0.1, 0.15) is 5.69 Å². The maximum atomic E-state index is 11.7. The van der Waals surface area contributed by atoms with Gasteiger partial charge in [-0.3, -0.25) is 4.79 Å². The highest BCUT2D eigenvalue weighted by Gasteiger charge is 2.12. The minimum Gasteiger partial charge on any atom is -0.397 e. The second-order valence-electron chi connectivity index (χ2n) is 3.67. The molecule has 1 heterocycles. The molecule has 0 aliphatic carbocycles. The van der Waals surface area contributed by atoms with Crippen molar-refractivity contribution in [2.75, 3.05) is 5.73 Å². The van der Waals surface area contributed by atoms with E-state index >= 15 is 0 Å². The Hall–Kier alpha value is -1.71. The maximum Gasteiger partial charge on any atom is 0.268 e. The zero-order valence-electron chi connectivity index (χ0n) is 9.16. The van der Waals surface area contributed by atoms with Gasteiger partial charge in [-0.1, -0.05) is 6.08 Å². The van der Waals surface area contributed by atoms with Crippen molar-refractivity contribution < 1.29 is 4.79 Å². The van der Waals surface area contributed by atoms with E-state index in [1.807, 2.05) is 6.92 Å². The number of rotatable bonds is 4. The van der Waals surface area contributed by atoms with Crippen LogP contribution >= 0.6 is 0 Å². The number of nitrogen functional groups attached to an aromatic ring is 1. The first kappa shape index (κ1) is 11.4. The number of carbonyl (C=O) groups excluding carboxylic acids is 1. The van der Waals surface area contributed by atoms with Crippen LogP contribution in [0.25, 0.3) is 0 Å². The van der Waals surface area contributed by atoms with Crippen LogP contribution in [0.4, 0.5) is 5.69 Å². The molecule has 4 heteroatoms. The molecule has 0 fully saturated rings. The molecule has 1 aromatic heterocycles. The van der Waals surface area contributed by atoms with Crippen LogP contribution < -0.4 is 11.1 Å². The van der Waals surface area contributed by atoms with Crippen LogP contribution in [0.5, 0.6) is 0 Å². The molecular formula is C11H17N3O. The van der Waals surface area contributed by atoms with Crippen molar-refractivity contribution in [3.63, 3.8) is 0 Å². The lowest BCUT2D eigenvalue weighted by Gasteiger charge is -2.11. The van der Waals surface area contributed by atoms with Crippen molar-refractivity contribution in [3.05, 3.63) is 30.6 Å². The Labute approximate surface area is 89.8 Å². The Balaban J connectivity index is 2.68. The molecule has 0 bridgehead atoms. The third kappa shape index (κ3) is 2.87. The van der Waals surface area contributed by atoms with Crippen LogP contribution in [0.2, 0.25) is 0 Å². The molecule has 15 heavy (non-hydrogen) atoms. The van der Waals surface area contributed by atoms with Crippen molar-refractivity contribution in [2.45, 2.75) is 19.4 Å². The second-order valence-corrected chi connectivity index (χ2v) is 3.67. The van der Waals surface area contributed by atoms with Crippen molar-refractivity contribution in [1.29, 1.82) is 0 Å². The van der Waals surface area contributed by atoms with Gasteiger partial charge in [0.15, 0.2) is 0 Å². The van der Waals surface area contributed by atoms with Gasteiger partial charge in [0.05, 0.1) is 5.69 Å². The van der Waals surface area contributed by atoms with E-state index < -0.39 is 0 Å². The highest BCUT2D eigenvalue weighted by Crippen LogP contribution is 2.08. The number of hydrogen-bond donors (Lipinski definition) is 2. The molecule has 3 N–H and O–H groups in total. The average Bonchev–Trinajstić information content (AvgIpc) is 2.45. The largest absolute Gasteiger partial charge is 0.397 e. The molecule has 0 aromatic carbocycles. The SMILES string of the molecule is C=CCC(C)NC(=O)c1cc(N)cn1C. The summed E-state index contributed by atoms with van der Waals surface area (Å²) in [6.07, 6.45) is 4.25. The van der Waals surface area contributed by atoms with Crippen LogP contribution in [-0.2, 0) is 7.05 Å². The lowest BCUT2D eigenvalue weighted by Crippen LogP contribution is -2.33. The van der Waals surface area contributed by atoms with Crippen LogP contribution in [-0.4, -0.2) is 16.5 Å². The van der Waals surface area contributed by atoms with Crippen LogP contribution in [0.3, 0.4) is 0 Å². The minimum absolute atomic E-state index is 0.0890. The highest BCUT2D eigenvalue weighted by atomic mass is 16.2. The molecule has 4 nitrogen and oxygen atoms in total.